The van der Waals surface area contributed by atoms with Crippen LogP contribution >= 0.6 is 0 Å². The molecule has 0 saturated carbocycles. The number of sulfonamides is 1. The number of hydrogen-bond acceptors (Lipinski definition) is 4. The largest absolute Gasteiger partial charge is 0.416 e. The Balaban J connectivity index is 1.81. The molecule has 1 N–H and O–H groups in total. The Morgan fingerprint density at radius 3 is 2.02 bits per heavy atom. The van der Waals surface area contributed by atoms with Gasteiger partial charge in [0.15, 0.2) is 0 Å². The standard InChI is InChI=1S/C33H32F3N3O4S/c1-24-16-18-26(19-17-24)22-38(30(32(41)37-2)20-25-10-5-3-6-11-25)31(40)23-39(44(42,43)29-14-7-4-8-15-29)28-13-9-12-27(21-28)33(34,35)36/h3-19,21,30H,20,22-23H2,1-2H3,(H,37,41)/t30-/m1/s1. The lowest BCUT2D eigenvalue weighted by atomic mass is 10.0. The molecule has 0 unspecified atom stereocenters. The number of nitrogens with zero attached hydrogens (tertiary/aromatic N) is 2. The van der Waals surface area contributed by atoms with E-state index in [1.165, 1.54) is 42.3 Å². The van der Waals surface area contributed by atoms with Crippen LogP contribution in [0.2, 0.25) is 0 Å². The van der Waals surface area contributed by atoms with Gasteiger partial charge in [-0.1, -0.05) is 84.4 Å². The van der Waals surface area contributed by atoms with Gasteiger partial charge in [-0.3, -0.25) is 13.9 Å². The van der Waals surface area contributed by atoms with E-state index in [0.29, 0.717) is 15.9 Å². The van der Waals surface area contributed by atoms with Crippen LogP contribution in [0.4, 0.5) is 18.9 Å². The second-order valence-electron chi connectivity index (χ2n) is 10.2. The number of anilines is 1. The first-order valence-electron chi connectivity index (χ1n) is 13.8. The van der Waals surface area contributed by atoms with Gasteiger partial charge in [-0.05, 0) is 48.4 Å². The summed E-state index contributed by atoms with van der Waals surface area (Å²) in [6, 6.07) is 26.2. The summed E-state index contributed by atoms with van der Waals surface area (Å²) >= 11 is 0. The molecule has 0 saturated heterocycles. The van der Waals surface area contributed by atoms with Crippen molar-refractivity contribution in [3.05, 3.63) is 131 Å². The third-order valence-electron chi connectivity index (χ3n) is 7.06. The Hall–Kier alpha value is -4.64. The molecule has 0 radical (unpaired) electrons. The molecule has 0 heterocycles. The van der Waals surface area contributed by atoms with Gasteiger partial charge >= 0.3 is 6.18 Å². The first-order valence-corrected chi connectivity index (χ1v) is 15.2. The van der Waals surface area contributed by atoms with Gasteiger partial charge < -0.3 is 10.2 Å². The number of halogens is 3. The fourth-order valence-electron chi connectivity index (χ4n) is 4.70. The lowest BCUT2D eigenvalue weighted by molar-refractivity contribution is -0.139. The average molecular weight is 624 g/mol. The van der Waals surface area contributed by atoms with Gasteiger partial charge in [0.25, 0.3) is 10.0 Å². The van der Waals surface area contributed by atoms with Gasteiger partial charge in [0.2, 0.25) is 11.8 Å². The van der Waals surface area contributed by atoms with Crippen molar-refractivity contribution in [3.63, 3.8) is 0 Å². The molecular formula is C33H32F3N3O4S. The third-order valence-corrected chi connectivity index (χ3v) is 8.85. The summed E-state index contributed by atoms with van der Waals surface area (Å²) in [7, 11) is -3.08. The first kappa shape index (κ1) is 32.3. The fourth-order valence-corrected chi connectivity index (χ4v) is 6.12. The molecule has 0 aliphatic heterocycles. The molecule has 1 atom stereocenters. The van der Waals surface area contributed by atoms with Gasteiger partial charge in [0.05, 0.1) is 16.1 Å². The molecule has 7 nitrogen and oxygen atoms in total. The van der Waals surface area contributed by atoms with Crippen molar-refractivity contribution in [2.45, 2.75) is 37.0 Å². The average Bonchev–Trinajstić information content (AvgIpc) is 3.02. The van der Waals surface area contributed by atoms with Gasteiger partial charge in [0.1, 0.15) is 12.6 Å². The summed E-state index contributed by atoms with van der Waals surface area (Å²) in [6.45, 7) is 0.995. The summed E-state index contributed by atoms with van der Waals surface area (Å²) in [5.41, 5.74) is 1.01. The Bertz CT molecular complexity index is 1680. The minimum absolute atomic E-state index is 0.0498. The highest BCUT2D eigenvalue weighted by molar-refractivity contribution is 7.92. The highest BCUT2D eigenvalue weighted by atomic mass is 32.2. The topological polar surface area (TPSA) is 86.8 Å². The molecule has 0 aromatic heterocycles. The molecule has 0 fully saturated rings. The second-order valence-corrected chi connectivity index (χ2v) is 12.1. The van der Waals surface area contributed by atoms with E-state index >= 15 is 0 Å². The second kappa shape index (κ2) is 13.8. The quantitative estimate of drug-likeness (QED) is 0.236. The van der Waals surface area contributed by atoms with E-state index in [-0.39, 0.29) is 23.5 Å². The van der Waals surface area contributed by atoms with Crippen LogP contribution in [0.15, 0.2) is 114 Å². The zero-order valence-electron chi connectivity index (χ0n) is 24.2. The maximum atomic E-state index is 14.2. The van der Waals surface area contributed by atoms with Crippen molar-refractivity contribution in [1.82, 2.24) is 10.2 Å². The van der Waals surface area contributed by atoms with Crippen molar-refractivity contribution in [2.24, 2.45) is 0 Å². The Morgan fingerprint density at radius 2 is 1.43 bits per heavy atom. The number of nitrogens with one attached hydrogen (secondary N) is 1. The normalized spacial score (nSPS) is 12.3. The number of likely N-dealkylation sites (N-methyl/N-ethyl adjacent to an activating group) is 1. The van der Waals surface area contributed by atoms with Gasteiger partial charge in [0, 0.05) is 20.0 Å². The Kier molecular flexibility index (Phi) is 10.1. The first-order chi connectivity index (χ1) is 20.9. The van der Waals surface area contributed by atoms with E-state index in [1.54, 1.807) is 42.5 Å². The number of alkyl halides is 3. The van der Waals surface area contributed by atoms with Crippen LogP contribution in [0, 0.1) is 6.92 Å². The third kappa shape index (κ3) is 7.84. The van der Waals surface area contributed by atoms with Crippen LogP contribution in [0.25, 0.3) is 0 Å². The lowest BCUT2D eigenvalue weighted by Gasteiger charge is -2.33. The number of amides is 2. The molecule has 2 amide bonds. The number of carbonyl (C=O) groups excluding carboxylic acids is 2. The maximum absolute atomic E-state index is 14.2. The van der Waals surface area contributed by atoms with Crippen LogP contribution in [-0.4, -0.2) is 44.8 Å². The highest BCUT2D eigenvalue weighted by Gasteiger charge is 2.36. The molecule has 44 heavy (non-hydrogen) atoms. The maximum Gasteiger partial charge on any atom is 0.416 e. The molecule has 0 aliphatic carbocycles. The molecule has 4 aromatic rings. The molecule has 11 heteroatoms. The highest BCUT2D eigenvalue weighted by Crippen LogP contribution is 2.33. The number of aryl methyl sites for hydroxylation is 1. The number of hydrogen-bond donors (Lipinski definition) is 1. The van der Waals surface area contributed by atoms with Gasteiger partial charge in [-0.2, -0.15) is 13.2 Å². The number of carbonyl (C=O) groups is 2. The van der Waals surface area contributed by atoms with Crippen molar-refractivity contribution < 1.29 is 31.2 Å². The van der Waals surface area contributed by atoms with E-state index in [9.17, 15) is 31.2 Å². The minimum Gasteiger partial charge on any atom is -0.357 e. The smallest absolute Gasteiger partial charge is 0.357 e. The van der Waals surface area contributed by atoms with Crippen LogP contribution in [0.3, 0.4) is 0 Å². The van der Waals surface area contributed by atoms with E-state index in [4.69, 9.17) is 0 Å². The Morgan fingerprint density at radius 1 is 0.818 bits per heavy atom. The van der Waals surface area contributed by atoms with Gasteiger partial charge in [-0.25, -0.2) is 8.42 Å². The number of benzene rings is 4. The van der Waals surface area contributed by atoms with Crippen molar-refractivity contribution in [3.8, 4) is 0 Å². The summed E-state index contributed by atoms with van der Waals surface area (Å²) in [5.74, 6) is -1.25. The molecule has 0 bridgehead atoms. The Labute approximate surface area is 255 Å². The molecule has 230 valence electrons. The van der Waals surface area contributed by atoms with Crippen molar-refractivity contribution in [2.75, 3.05) is 17.9 Å². The predicted octanol–water partition coefficient (Wildman–Crippen LogP) is 5.60. The van der Waals surface area contributed by atoms with Crippen LogP contribution < -0.4 is 9.62 Å². The van der Waals surface area contributed by atoms with Crippen molar-refractivity contribution >= 4 is 27.5 Å². The fraction of sp³-hybridized carbons (Fsp3) is 0.212. The van der Waals surface area contributed by atoms with Gasteiger partial charge in [-0.15, -0.1) is 0 Å². The molecule has 4 aromatic carbocycles. The predicted molar refractivity (Wildman–Crippen MR) is 162 cm³/mol. The zero-order chi connectivity index (χ0) is 31.9. The SMILES string of the molecule is CNC(=O)[C@@H](Cc1ccccc1)N(Cc1ccc(C)cc1)C(=O)CN(c1cccc(C(F)(F)F)c1)S(=O)(=O)c1ccccc1. The summed E-state index contributed by atoms with van der Waals surface area (Å²) in [6.07, 6.45) is -4.63. The molecule has 0 aliphatic rings. The zero-order valence-corrected chi connectivity index (χ0v) is 25.0. The van der Waals surface area contributed by atoms with E-state index < -0.39 is 46.2 Å². The summed E-state index contributed by atoms with van der Waals surface area (Å²) < 4.78 is 69.4. The van der Waals surface area contributed by atoms with Crippen molar-refractivity contribution in [1.29, 1.82) is 0 Å². The monoisotopic (exact) mass is 623 g/mol. The molecule has 0 spiro atoms. The lowest BCUT2D eigenvalue weighted by Crippen LogP contribution is -2.53. The molecular weight excluding hydrogens is 591 g/mol. The van der Waals surface area contributed by atoms with Crippen LogP contribution in [-0.2, 0) is 38.8 Å². The summed E-state index contributed by atoms with van der Waals surface area (Å²) in [5, 5.41) is 2.59. The minimum atomic E-state index is -4.75. The summed E-state index contributed by atoms with van der Waals surface area (Å²) in [4.78, 5) is 28.6. The van der Waals surface area contributed by atoms with E-state index in [0.717, 1.165) is 23.3 Å². The van der Waals surface area contributed by atoms with Crippen LogP contribution in [0.5, 0.6) is 0 Å². The van der Waals surface area contributed by atoms with E-state index in [1.807, 2.05) is 25.1 Å². The number of rotatable bonds is 11. The van der Waals surface area contributed by atoms with E-state index in [2.05, 4.69) is 5.32 Å². The molecule has 4 rings (SSSR count). The van der Waals surface area contributed by atoms with Crippen LogP contribution in [0.1, 0.15) is 22.3 Å².